The third-order valence-corrected chi connectivity index (χ3v) is 5.85. The first-order valence-corrected chi connectivity index (χ1v) is 11.2. The van der Waals surface area contributed by atoms with Gasteiger partial charge in [0.25, 0.3) is 0 Å². The minimum absolute atomic E-state index is 0.201. The zero-order valence-electron chi connectivity index (χ0n) is 15.0. The number of unbranched alkanes of at least 4 members (excludes halogenated alkanes) is 7. The Bertz CT molecular complexity index is 218. The highest BCUT2D eigenvalue weighted by atomic mass is 33.1. The van der Waals surface area contributed by atoms with Gasteiger partial charge in [-0.3, -0.25) is 0 Å². The Hall–Kier alpha value is 0.580. The van der Waals surface area contributed by atoms with Crippen LogP contribution in [-0.4, -0.2) is 37.8 Å². The molecule has 0 saturated heterocycles. The van der Waals surface area contributed by atoms with Crippen LogP contribution in [0.1, 0.15) is 72.1 Å². The van der Waals surface area contributed by atoms with Gasteiger partial charge < -0.3 is 14.2 Å². The van der Waals surface area contributed by atoms with E-state index in [-0.39, 0.29) is 12.6 Å². The summed E-state index contributed by atoms with van der Waals surface area (Å²) in [6.07, 6.45) is 10.7. The fourth-order valence-electron chi connectivity index (χ4n) is 2.03. The Morgan fingerprint density at radius 1 is 0.773 bits per heavy atom. The highest BCUT2D eigenvalue weighted by Gasteiger charge is 2.06. The van der Waals surface area contributed by atoms with Crippen molar-refractivity contribution >= 4 is 21.6 Å². The second kappa shape index (κ2) is 17.9. The monoisotopic (exact) mass is 352 g/mol. The molecule has 0 bridgehead atoms. The van der Waals surface area contributed by atoms with Crippen LogP contribution in [0.4, 0.5) is 0 Å². The second-order valence-corrected chi connectivity index (χ2v) is 8.20. The third-order valence-electron chi connectivity index (χ3n) is 3.40. The van der Waals surface area contributed by atoms with Crippen molar-refractivity contribution in [3.05, 3.63) is 0 Å². The summed E-state index contributed by atoms with van der Waals surface area (Å²) in [4.78, 5) is 0. The van der Waals surface area contributed by atoms with Crippen LogP contribution in [0, 0.1) is 0 Å². The normalized spacial score (nSPS) is 14.2. The van der Waals surface area contributed by atoms with Crippen molar-refractivity contribution in [2.75, 3.05) is 25.2 Å². The summed E-state index contributed by atoms with van der Waals surface area (Å²) in [5, 5.41) is 0. The van der Waals surface area contributed by atoms with E-state index in [1.807, 2.05) is 35.4 Å². The number of methoxy groups -OCH3 is 1. The molecule has 5 heteroatoms. The van der Waals surface area contributed by atoms with Gasteiger partial charge in [0.2, 0.25) is 0 Å². The molecule has 0 aliphatic carbocycles. The third kappa shape index (κ3) is 16.9. The van der Waals surface area contributed by atoms with Gasteiger partial charge in [0, 0.05) is 18.6 Å². The first kappa shape index (κ1) is 22.6. The minimum atomic E-state index is -0.209. The fourth-order valence-corrected chi connectivity index (χ4v) is 4.01. The Morgan fingerprint density at radius 3 is 2.00 bits per heavy atom. The van der Waals surface area contributed by atoms with E-state index in [4.69, 9.17) is 14.2 Å². The Labute approximate surface area is 146 Å². The van der Waals surface area contributed by atoms with E-state index in [2.05, 4.69) is 6.92 Å². The van der Waals surface area contributed by atoms with Crippen molar-refractivity contribution in [1.29, 1.82) is 0 Å². The van der Waals surface area contributed by atoms with Gasteiger partial charge in [-0.1, -0.05) is 73.5 Å². The van der Waals surface area contributed by atoms with Gasteiger partial charge in [-0.25, -0.2) is 0 Å². The predicted octanol–water partition coefficient (Wildman–Crippen LogP) is 5.88. The summed E-state index contributed by atoms with van der Waals surface area (Å²) in [6.45, 7) is 6.78. The standard InChI is InChI=1S/C17H36O3S2/c1-5-6-7-8-9-10-11-12-14-21-22-15-13-19-17(3)20-16(2)18-4/h16-17H,5-15H2,1-4H3. The molecule has 3 nitrogen and oxygen atoms in total. The van der Waals surface area contributed by atoms with Crippen molar-refractivity contribution < 1.29 is 14.2 Å². The summed E-state index contributed by atoms with van der Waals surface area (Å²) in [7, 11) is 5.50. The lowest BCUT2D eigenvalue weighted by molar-refractivity contribution is -0.221. The van der Waals surface area contributed by atoms with Gasteiger partial charge in [0.15, 0.2) is 12.6 Å². The average molecular weight is 353 g/mol. The molecule has 22 heavy (non-hydrogen) atoms. The molecule has 0 aliphatic rings. The van der Waals surface area contributed by atoms with Crippen molar-refractivity contribution in [3.8, 4) is 0 Å². The van der Waals surface area contributed by atoms with Gasteiger partial charge in [-0.15, -0.1) is 0 Å². The van der Waals surface area contributed by atoms with E-state index in [9.17, 15) is 0 Å². The molecular formula is C17H36O3S2. The first-order valence-electron chi connectivity index (χ1n) is 8.75. The van der Waals surface area contributed by atoms with Crippen LogP contribution >= 0.6 is 21.6 Å². The topological polar surface area (TPSA) is 27.7 Å². The lowest BCUT2D eigenvalue weighted by Crippen LogP contribution is -2.21. The minimum Gasteiger partial charge on any atom is -0.356 e. The van der Waals surface area contributed by atoms with Gasteiger partial charge in [-0.2, -0.15) is 0 Å². The zero-order valence-corrected chi connectivity index (χ0v) is 16.6. The van der Waals surface area contributed by atoms with Crippen LogP contribution in [-0.2, 0) is 14.2 Å². The van der Waals surface area contributed by atoms with Gasteiger partial charge >= 0.3 is 0 Å². The van der Waals surface area contributed by atoms with Crippen LogP contribution in [0.5, 0.6) is 0 Å². The lowest BCUT2D eigenvalue weighted by Gasteiger charge is -2.18. The molecule has 0 fully saturated rings. The molecule has 0 aromatic heterocycles. The molecule has 0 radical (unpaired) electrons. The highest BCUT2D eigenvalue weighted by Crippen LogP contribution is 2.23. The highest BCUT2D eigenvalue weighted by molar-refractivity contribution is 8.76. The molecule has 134 valence electrons. The Kier molecular flexibility index (Phi) is 18.4. The summed E-state index contributed by atoms with van der Waals surface area (Å²) in [5.74, 6) is 2.27. The van der Waals surface area contributed by atoms with Gasteiger partial charge in [0.1, 0.15) is 0 Å². The van der Waals surface area contributed by atoms with Crippen LogP contribution < -0.4 is 0 Å². The van der Waals surface area contributed by atoms with E-state index in [1.165, 1.54) is 57.1 Å². The molecular weight excluding hydrogens is 316 g/mol. The molecule has 2 atom stereocenters. The maximum absolute atomic E-state index is 5.57. The molecule has 0 spiro atoms. The van der Waals surface area contributed by atoms with Crippen molar-refractivity contribution in [2.45, 2.75) is 84.7 Å². The lowest BCUT2D eigenvalue weighted by atomic mass is 10.1. The van der Waals surface area contributed by atoms with E-state index in [0.29, 0.717) is 0 Å². The van der Waals surface area contributed by atoms with Crippen LogP contribution in [0.3, 0.4) is 0 Å². The molecule has 0 saturated carbocycles. The number of rotatable bonds is 17. The predicted molar refractivity (Wildman–Crippen MR) is 100 cm³/mol. The van der Waals surface area contributed by atoms with Crippen LogP contribution in [0.15, 0.2) is 0 Å². The van der Waals surface area contributed by atoms with Gasteiger partial charge in [-0.05, 0) is 20.3 Å². The summed E-state index contributed by atoms with van der Waals surface area (Å²) >= 11 is 0. The van der Waals surface area contributed by atoms with Crippen molar-refractivity contribution in [1.82, 2.24) is 0 Å². The average Bonchev–Trinajstić information content (AvgIpc) is 2.51. The fraction of sp³-hybridized carbons (Fsp3) is 1.00. The second-order valence-electron chi connectivity index (χ2n) is 5.50. The molecule has 0 amide bonds. The molecule has 0 rings (SSSR count). The van der Waals surface area contributed by atoms with E-state index in [1.54, 1.807) is 7.11 Å². The largest absolute Gasteiger partial charge is 0.356 e. The number of hydrogen-bond donors (Lipinski definition) is 0. The maximum Gasteiger partial charge on any atom is 0.157 e. The van der Waals surface area contributed by atoms with E-state index >= 15 is 0 Å². The van der Waals surface area contributed by atoms with E-state index in [0.717, 1.165) is 12.4 Å². The molecule has 0 aromatic carbocycles. The number of ether oxygens (including phenoxy) is 3. The van der Waals surface area contributed by atoms with Crippen LogP contribution in [0.2, 0.25) is 0 Å². The summed E-state index contributed by atoms with van der Waals surface area (Å²) < 4.78 is 16.0. The zero-order chi connectivity index (χ0) is 16.5. The summed E-state index contributed by atoms with van der Waals surface area (Å²) in [5.41, 5.74) is 0. The SMILES string of the molecule is CCCCCCCCCCSSCCOC(C)OC(C)OC. The summed E-state index contributed by atoms with van der Waals surface area (Å²) in [6, 6.07) is 0. The maximum atomic E-state index is 5.57. The first-order chi connectivity index (χ1) is 10.7. The molecule has 0 aromatic rings. The van der Waals surface area contributed by atoms with Gasteiger partial charge in [0.05, 0.1) is 6.61 Å². The van der Waals surface area contributed by atoms with Crippen LogP contribution in [0.25, 0.3) is 0 Å². The Morgan fingerprint density at radius 2 is 1.36 bits per heavy atom. The molecule has 0 heterocycles. The molecule has 0 aliphatic heterocycles. The smallest absolute Gasteiger partial charge is 0.157 e. The van der Waals surface area contributed by atoms with Crippen molar-refractivity contribution in [2.24, 2.45) is 0 Å². The molecule has 2 unspecified atom stereocenters. The number of hydrogen-bond acceptors (Lipinski definition) is 5. The van der Waals surface area contributed by atoms with E-state index < -0.39 is 0 Å². The quantitative estimate of drug-likeness (QED) is 0.185. The van der Waals surface area contributed by atoms with Crippen molar-refractivity contribution in [3.63, 3.8) is 0 Å². The molecule has 0 N–H and O–H groups in total. The Balaban J connectivity index is 3.11.